The van der Waals surface area contributed by atoms with Crippen LogP contribution in [0.1, 0.15) is 43.0 Å². The molecule has 1 fully saturated rings. The number of hydrogen-bond acceptors (Lipinski definition) is 3. The third-order valence-electron chi connectivity index (χ3n) is 3.79. The van der Waals surface area contributed by atoms with E-state index < -0.39 is 0 Å². The molecule has 0 radical (unpaired) electrons. The number of carbonyl (C=O) groups is 2. The van der Waals surface area contributed by atoms with Crippen LogP contribution in [0.4, 0.5) is 0 Å². The SMILES string of the molecule is CCOc1ccc(C(=O)N(C)C2CCC(=O)CC2)cc1. The van der Waals surface area contributed by atoms with Gasteiger partial charge in [0.15, 0.2) is 0 Å². The Hall–Kier alpha value is -1.84. The van der Waals surface area contributed by atoms with Crippen molar-refractivity contribution in [1.29, 1.82) is 0 Å². The van der Waals surface area contributed by atoms with Crippen molar-refractivity contribution in [3.05, 3.63) is 29.8 Å². The third-order valence-corrected chi connectivity index (χ3v) is 3.79. The Balaban J connectivity index is 2.00. The Kier molecular flexibility index (Phi) is 4.77. The highest BCUT2D eigenvalue weighted by atomic mass is 16.5. The number of Topliss-reactive ketones (excluding diaryl/α,β-unsaturated/α-hetero) is 1. The van der Waals surface area contributed by atoms with E-state index in [4.69, 9.17) is 4.74 Å². The second-order valence-electron chi connectivity index (χ2n) is 5.14. The molecule has 1 aromatic rings. The number of benzene rings is 1. The summed E-state index contributed by atoms with van der Waals surface area (Å²) in [6, 6.07) is 7.38. The maximum Gasteiger partial charge on any atom is 0.253 e. The fraction of sp³-hybridized carbons (Fsp3) is 0.500. The molecule has 0 bridgehead atoms. The van der Waals surface area contributed by atoms with Crippen LogP contribution >= 0.6 is 0 Å². The minimum absolute atomic E-state index is 0.00685. The van der Waals surface area contributed by atoms with Crippen molar-refractivity contribution in [2.45, 2.75) is 38.6 Å². The van der Waals surface area contributed by atoms with Crippen LogP contribution in [0.2, 0.25) is 0 Å². The van der Waals surface area contributed by atoms with Gasteiger partial charge in [0.25, 0.3) is 5.91 Å². The predicted octanol–water partition coefficient (Wildman–Crippen LogP) is 2.67. The first-order chi connectivity index (χ1) is 9.61. The summed E-state index contributed by atoms with van der Waals surface area (Å²) in [6.07, 6.45) is 2.73. The molecule has 4 nitrogen and oxygen atoms in total. The summed E-state index contributed by atoms with van der Waals surface area (Å²) in [5.41, 5.74) is 0.660. The van der Waals surface area contributed by atoms with Gasteiger partial charge in [-0.3, -0.25) is 9.59 Å². The Morgan fingerprint density at radius 2 is 1.85 bits per heavy atom. The maximum atomic E-state index is 12.4. The molecule has 0 spiro atoms. The smallest absolute Gasteiger partial charge is 0.253 e. The van der Waals surface area contributed by atoms with Crippen LogP contribution in [0.5, 0.6) is 5.75 Å². The van der Waals surface area contributed by atoms with E-state index in [-0.39, 0.29) is 11.9 Å². The number of ether oxygens (including phenoxy) is 1. The molecular weight excluding hydrogens is 254 g/mol. The van der Waals surface area contributed by atoms with Gasteiger partial charge >= 0.3 is 0 Å². The van der Waals surface area contributed by atoms with E-state index in [0.717, 1.165) is 18.6 Å². The molecule has 0 saturated heterocycles. The van der Waals surface area contributed by atoms with Crippen LogP contribution in [-0.2, 0) is 4.79 Å². The topological polar surface area (TPSA) is 46.6 Å². The highest BCUT2D eigenvalue weighted by Gasteiger charge is 2.25. The largest absolute Gasteiger partial charge is 0.494 e. The van der Waals surface area contributed by atoms with E-state index in [0.29, 0.717) is 30.8 Å². The molecule has 0 aromatic heterocycles. The molecule has 4 heteroatoms. The molecule has 20 heavy (non-hydrogen) atoms. The Labute approximate surface area is 119 Å². The molecule has 2 rings (SSSR count). The van der Waals surface area contributed by atoms with E-state index in [1.165, 1.54) is 0 Å². The summed E-state index contributed by atoms with van der Waals surface area (Å²) in [5, 5.41) is 0. The zero-order chi connectivity index (χ0) is 14.5. The zero-order valence-electron chi connectivity index (χ0n) is 12.1. The van der Waals surface area contributed by atoms with Gasteiger partial charge in [-0.05, 0) is 44.0 Å². The first kappa shape index (κ1) is 14.6. The van der Waals surface area contributed by atoms with Crippen LogP contribution in [0, 0.1) is 0 Å². The summed E-state index contributed by atoms with van der Waals surface area (Å²) in [4.78, 5) is 25.4. The number of hydrogen-bond donors (Lipinski definition) is 0. The molecule has 108 valence electrons. The second kappa shape index (κ2) is 6.55. The summed E-state index contributed by atoms with van der Waals surface area (Å²) in [5.74, 6) is 1.09. The van der Waals surface area contributed by atoms with Gasteiger partial charge < -0.3 is 9.64 Å². The molecule has 1 aliphatic rings. The molecule has 1 aromatic carbocycles. The molecular formula is C16H21NO3. The summed E-state index contributed by atoms with van der Waals surface area (Å²) in [6.45, 7) is 2.54. The first-order valence-electron chi connectivity index (χ1n) is 7.13. The van der Waals surface area contributed by atoms with Crippen molar-refractivity contribution < 1.29 is 14.3 Å². The summed E-state index contributed by atoms with van der Waals surface area (Å²) >= 11 is 0. The molecule has 0 atom stereocenters. The average Bonchev–Trinajstić information content (AvgIpc) is 2.48. The lowest BCUT2D eigenvalue weighted by Gasteiger charge is -2.30. The second-order valence-corrected chi connectivity index (χ2v) is 5.14. The van der Waals surface area contributed by atoms with Crippen molar-refractivity contribution in [3.8, 4) is 5.75 Å². The minimum atomic E-state index is 0.00685. The van der Waals surface area contributed by atoms with E-state index >= 15 is 0 Å². The van der Waals surface area contributed by atoms with Crippen LogP contribution < -0.4 is 4.74 Å². The highest BCUT2D eigenvalue weighted by molar-refractivity contribution is 5.94. The van der Waals surface area contributed by atoms with E-state index in [2.05, 4.69) is 0 Å². The molecule has 0 unspecified atom stereocenters. The van der Waals surface area contributed by atoms with Gasteiger partial charge in [-0.25, -0.2) is 0 Å². The van der Waals surface area contributed by atoms with Gasteiger partial charge in [-0.15, -0.1) is 0 Å². The Morgan fingerprint density at radius 3 is 2.40 bits per heavy atom. The van der Waals surface area contributed by atoms with Gasteiger partial charge in [0.1, 0.15) is 11.5 Å². The van der Waals surface area contributed by atoms with Gasteiger partial charge in [-0.1, -0.05) is 0 Å². The van der Waals surface area contributed by atoms with Gasteiger partial charge in [0.05, 0.1) is 6.61 Å². The molecule has 1 aliphatic carbocycles. The Morgan fingerprint density at radius 1 is 1.25 bits per heavy atom. The van der Waals surface area contributed by atoms with E-state index in [9.17, 15) is 9.59 Å². The number of nitrogens with zero attached hydrogens (tertiary/aromatic N) is 1. The van der Waals surface area contributed by atoms with Crippen molar-refractivity contribution in [2.75, 3.05) is 13.7 Å². The lowest BCUT2D eigenvalue weighted by atomic mass is 9.93. The molecule has 0 N–H and O–H groups in total. The van der Waals surface area contributed by atoms with Gasteiger partial charge in [0.2, 0.25) is 0 Å². The lowest BCUT2D eigenvalue weighted by Crippen LogP contribution is -2.39. The van der Waals surface area contributed by atoms with Crippen molar-refractivity contribution in [2.24, 2.45) is 0 Å². The molecule has 0 aliphatic heterocycles. The van der Waals surface area contributed by atoms with Gasteiger partial charge in [-0.2, -0.15) is 0 Å². The lowest BCUT2D eigenvalue weighted by molar-refractivity contribution is -0.121. The van der Waals surface area contributed by atoms with E-state index in [1.807, 2.05) is 26.1 Å². The van der Waals surface area contributed by atoms with Crippen molar-refractivity contribution in [3.63, 3.8) is 0 Å². The minimum Gasteiger partial charge on any atom is -0.494 e. The average molecular weight is 275 g/mol. The normalized spacial score (nSPS) is 16.0. The van der Waals surface area contributed by atoms with E-state index in [1.54, 1.807) is 17.0 Å². The van der Waals surface area contributed by atoms with Crippen molar-refractivity contribution >= 4 is 11.7 Å². The van der Waals surface area contributed by atoms with Crippen molar-refractivity contribution in [1.82, 2.24) is 4.90 Å². The fourth-order valence-electron chi connectivity index (χ4n) is 2.54. The number of amides is 1. The maximum absolute atomic E-state index is 12.4. The van der Waals surface area contributed by atoms with Crippen LogP contribution in [0.15, 0.2) is 24.3 Å². The third kappa shape index (κ3) is 3.38. The first-order valence-corrected chi connectivity index (χ1v) is 7.13. The summed E-state index contributed by atoms with van der Waals surface area (Å²) in [7, 11) is 1.82. The van der Waals surface area contributed by atoms with Gasteiger partial charge in [0, 0.05) is 31.5 Å². The standard InChI is InChI=1S/C16H21NO3/c1-3-20-15-10-4-12(5-11-15)16(19)17(2)13-6-8-14(18)9-7-13/h4-5,10-11,13H,3,6-9H2,1-2H3. The molecule has 1 amide bonds. The predicted molar refractivity (Wildman–Crippen MR) is 77.0 cm³/mol. The fourth-order valence-corrected chi connectivity index (χ4v) is 2.54. The zero-order valence-corrected chi connectivity index (χ0v) is 12.1. The number of carbonyl (C=O) groups excluding carboxylic acids is 2. The van der Waals surface area contributed by atoms with Crippen LogP contribution in [-0.4, -0.2) is 36.3 Å². The Bertz CT molecular complexity index is 471. The number of ketones is 1. The van der Waals surface area contributed by atoms with Crippen LogP contribution in [0.25, 0.3) is 0 Å². The quantitative estimate of drug-likeness (QED) is 0.848. The summed E-state index contributed by atoms with van der Waals surface area (Å²) < 4.78 is 5.37. The molecule has 1 saturated carbocycles. The highest BCUT2D eigenvalue weighted by Crippen LogP contribution is 2.21. The molecule has 0 heterocycles. The monoisotopic (exact) mass is 275 g/mol. The van der Waals surface area contributed by atoms with Crippen LogP contribution in [0.3, 0.4) is 0 Å². The number of rotatable bonds is 4.